The zero-order valence-electron chi connectivity index (χ0n) is 15.0. The Bertz CT molecular complexity index is 899. The maximum atomic E-state index is 12.8. The molecule has 0 aromatic carbocycles. The van der Waals surface area contributed by atoms with Crippen LogP contribution in [0, 0.1) is 25.2 Å². The van der Waals surface area contributed by atoms with E-state index in [1.165, 1.54) is 18.9 Å². The van der Waals surface area contributed by atoms with Crippen molar-refractivity contribution in [3.63, 3.8) is 0 Å². The summed E-state index contributed by atoms with van der Waals surface area (Å²) in [6, 6.07) is 0. The third kappa shape index (κ3) is 2.79. The average molecular weight is 377 g/mol. The van der Waals surface area contributed by atoms with Crippen LogP contribution in [0.1, 0.15) is 30.5 Å². The van der Waals surface area contributed by atoms with E-state index in [9.17, 15) is 8.42 Å². The Hall–Kier alpha value is -2.00. The first-order chi connectivity index (χ1) is 12.4. The quantitative estimate of drug-likeness (QED) is 0.851. The standard InChI is InChI=1S/C17H23N5O3S/c1-12-13(2)19-11-21-16(12)25-9-17-5-3-4-14(17)7-22(8-17)26(23,24)15-6-18-10-20-15/h6,10-11,14H,3-5,7-9H2,1-2H3,(H,18,20). The van der Waals surface area contributed by atoms with Gasteiger partial charge in [0.05, 0.1) is 19.1 Å². The molecule has 2 atom stereocenters. The molecule has 0 bridgehead atoms. The summed E-state index contributed by atoms with van der Waals surface area (Å²) in [4.78, 5) is 15.0. The molecule has 1 aliphatic carbocycles. The number of nitrogens with one attached hydrogen (secondary N) is 1. The first-order valence-corrected chi connectivity index (χ1v) is 10.3. The second-order valence-corrected chi connectivity index (χ2v) is 9.25. The van der Waals surface area contributed by atoms with Gasteiger partial charge in [0.2, 0.25) is 5.88 Å². The second-order valence-electron chi connectivity index (χ2n) is 7.34. The van der Waals surface area contributed by atoms with E-state index in [-0.39, 0.29) is 10.4 Å². The Morgan fingerprint density at radius 2 is 2.23 bits per heavy atom. The number of hydrogen-bond donors (Lipinski definition) is 1. The second kappa shape index (κ2) is 6.31. The Morgan fingerprint density at radius 3 is 3.00 bits per heavy atom. The number of fused-ring (bicyclic) bond motifs is 1. The number of rotatable bonds is 5. The van der Waals surface area contributed by atoms with Gasteiger partial charge in [0.15, 0.2) is 5.03 Å². The number of imidazole rings is 1. The predicted molar refractivity (Wildman–Crippen MR) is 94.1 cm³/mol. The van der Waals surface area contributed by atoms with Crippen LogP contribution in [-0.2, 0) is 10.0 Å². The summed E-state index contributed by atoms with van der Waals surface area (Å²) in [5.74, 6) is 0.899. The Morgan fingerprint density at radius 1 is 1.38 bits per heavy atom. The Kier molecular flexibility index (Phi) is 4.23. The molecule has 4 rings (SSSR count). The molecule has 2 fully saturated rings. The minimum atomic E-state index is -3.54. The third-order valence-electron chi connectivity index (χ3n) is 5.89. The SMILES string of the molecule is Cc1ncnc(OCC23CCCC2CN(S(=O)(=O)c2cnc[nH]2)C3)c1C. The van der Waals surface area contributed by atoms with Crippen molar-refractivity contribution in [1.29, 1.82) is 0 Å². The Balaban J connectivity index is 1.54. The lowest BCUT2D eigenvalue weighted by molar-refractivity contribution is 0.129. The fourth-order valence-corrected chi connectivity index (χ4v) is 5.66. The van der Waals surface area contributed by atoms with E-state index in [1.54, 1.807) is 4.31 Å². The van der Waals surface area contributed by atoms with Crippen LogP contribution in [-0.4, -0.2) is 52.4 Å². The van der Waals surface area contributed by atoms with E-state index in [2.05, 4.69) is 19.9 Å². The number of hydrogen-bond acceptors (Lipinski definition) is 6. The van der Waals surface area contributed by atoms with Crippen LogP contribution in [0.25, 0.3) is 0 Å². The smallest absolute Gasteiger partial charge is 0.260 e. The van der Waals surface area contributed by atoms with E-state index in [4.69, 9.17) is 4.74 Å². The first kappa shape index (κ1) is 17.4. The van der Waals surface area contributed by atoms with Crippen molar-refractivity contribution < 1.29 is 13.2 Å². The molecular weight excluding hydrogens is 354 g/mol. The van der Waals surface area contributed by atoms with Gasteiger partial charge in [-0.3, -0.25) is 0 Å². The van der Waals surface area contributed by atoms with E-state index in [0.717, 1.165) is 30.5 Å². The van der Waals surface area contributed by atoms with Crippen LogP contribution in [0.15, 0.2) is 23.9 Å². The highest BCUT2D eigenvalue weighted by Gasteiger charge is 2.53. The van der Waals surface area contributed by atoms with Crippen LogP contribution in [0.3, 0.4) is 0 Å². The molecule has 2 aromatic rings. The minimum absolute atomic E-state index is 0.149. The molecule has 26 heavy (non-hydrogen) atoms. The summed E-state index contributed by atoms with van der Waals surface area (Å²) in [6.45, 7) is 5.35. The molecule has 1 saturated carbocycles. The number of ether oxygens (including phenoxy) is 1. The molecule has 2 aliphatic rings. The molecule has 8 nitrogen and oxygen atoms in total. The van der Waals surface area contributed by atoms with E-state index >= 15 is 0 Å². The third-order valence-corrected chi connectivity index (χ3v) is 7.62. The zero-order valence-corrected chi connectivity index (χ0v) is 15.8. The van der Waals surface area contributed by atoms with Crippen molar-refractivity contribution in [3.05, 3.63) is 30.1 Å². The summed E-state index contributed by atoms with van der Waals surface area (Å²) in [7, 11) is -3.54. The van der Waals surface area contributed by atoms with Crippen LogP contribution >= 0.6 is 0 Å². The molecule has 0 spiro atoms. The molecule has 0 amide bonds. The number of aryl methyl sites for hydroxylation is 1. The van der Waals surface area contributed by atoms with Gasteiger partial charge in [-0.05, 0) is 32.6 Å². The van der Waals surface area contributed by atoms with Gasteiger partial charge in [0.1, 0.15) is 6.33 Å². The van der Waals surface area contributed by atoms with Gasteiger partial charge in [-0.2, -0.15) is 4.31 Å². The molecular formula is C17H23N5O3S. The largest absolute Gasteiger partial charge is 0.477 e. The normalized spacial score (nSPS) is 26.2. The molecule has 2 unspecified atom stereocenters. The zero-order chi connectivity index (χ0) is 18.4. The van der Waals surface area contributed by atoms with Crippen molar-refractivity contribution in [2.24, 2.45) is 11.3 Å². The summed E-state index contributed by atoms with van der Waals surface area (Å²) in [5, 5.41) is 0.149. The highest BCUT2D eigenvalue weighted by Crippen LogP contribution is 2.50. The molecule has 1 saturated heterocycles. The lowest BCUT2D eigenvalue weighted by Crippen LogP contribution is -2.36. The maximum absolute atomic E-state index is 12.8. The molecule has 1 aliphatic heterocycles. The van der Waals surface area contributed by atoms with Crippen LogP contribution in [0.4, 0.5) is 0 Å². The van der Waals surface area contributed by atoms with Crippen LogP contribution in [0.2, 0.25) is 0 Å². The van der Waals surface area contributed by atoms with Crippen molar-refractivity contribution >= 4 is 10.0 Å². The van der Waals surface area contributed by atoms with Gasteiger partial charge in [-0.15, -0.1) is 0 Å². The maximum Gasteiger partial charge on any atom is 0.260 e. The highest BCUT2D eigenvalue weighted by atomic mass is 32.2. The van der Waals surface area contributed by atoms with E-state index in [0.29, 0.717) is 31.5 Å². The monoisotopic (exact) mass is 377 g/mol. The van der Waals surface area contributed by atoms with Gasteiger partial charge < -0.3 is 9.72 Å². The summed E-state index contributed by atoms with van der Waals surface area (Å²) >= 11 is 0. The summed E-state index contributed by atoms with van der Waals surface area (Å²) < 4.78 is 33.3. The van der Waals surface area contributed by atoms with Crippen molar-refractivity contribution in [1.82, 2.24) is 24.2 Å². The van der Waals surface area contributed by atoms with Crippen LogP contribution < -0.4 is 4.74 Å². The van der Waals surface area contributed by atoms with E-state index < -0.39 is 10.0 Å². The Labute approximate surface area is 153 Å². The van der Waals surface area contributed by atoms with Gasteiger partial charge in [0.25, 0.3) is 10.0 Å². The predicted octanol–water partition coefficient (Wildman–Crippen LogP) is 1.69. The van der Waals surface area contributed by atoms with Crippen molar-refractivity contribution in [3.8, 4) is 5.88 Å². The molecule has 2 aromatic heterocycles. The molecule has 9 heteroatoms. The molecule has 1 N–H and O–H groups in total. The lowest BCUT2D eigenvalue weighted by Gasteiger charge is -2.28. The van der Waals surface area contributed by atoms with Gasteiger partial charge in [-0.1, -0.05) is 6.42 Å². The summed E-state index contributed by atoms with van der Waals surface area (Å²) in [6.07, 6.45) is 7.36. The van der Waals surface area contributed by atoms with Gasteiger partial charge in [0, 0.05) is 29.8 Å². The van der Waals surface area contributed by atoms with Gasteiger partial charge in [-0.25, -0.2) is 23.4 Å². The number of sulfonamides is 1. The molecule has 3 heterocycles. The number of aromatic amines is 1. The lowest BCUT2D eigenvalue weighted by atomic mass is 9.82. The fourth-order valence-electron chi connectivity index (χ4n) is 4.18. The van der Waals surface area contributed by atoms with Gasteiger partial charge >= 0.3 is 0 Å². The average Bonchev–Trinajstić information content (AvgIpc) is 3.31. The number of aromatic nitrogens is 4. The topological polar surface area (TPSA) is 101 Å². The highest BCUT2D eigenvalue weighted by molar-refractivity contribution is 7.89. The minimum Gasteiger partial charge on any atom is -0.477 e. The van der Waals surface area contributed by atoms with Crippen molar-refractivity contribution in [2.45, 2.75) is 38.1 Å². The number of nitrogens with zero attached hydrogens (tertiary/aromatic N) is 4. The molecule has 140 valence electrons. The number of H-pyrrole nitrogens is 1. The van der Waals surface area contributed by atoms with E-state index in [1.807, 2.05) is 13.8 Å². The molecule has 0 radical (unpaired) electrons. The first-order valence-electron chi connectivity index (χ1n) is 8.82. The fraction of sp³-hybridized carbons (Fsp3) is 0.588. The summed E-state index contributed by atoms with van der Waals surface area (Å²) in [5.41, 5.74) is 1.67. The van der Waals surface area contributed by atoms with Crippen molar-refractivity contribution in [2.75, 3.05) is 19.7 Å². The van der Waals surface area contributed by atoms with Crippen LogP contribution in [0.5, 0.6) is 5.88 Å².